The number of hydrogen-bond donors (Lipinski definition) is 1. The van der Waals surface area contributed by atoms with Gasteiger partial charge in [0, 0.05) is 25.2 Å². The van der Waals surface area contributed by atoms with Crippen LogP contribution in [0.4, 0.5) is 4.79 Å². The molecule has 21 heavy (non-hydrogen) atoms. The molecule has 2 heterocycles. The molecule has 0 radical (unpaired) electrons. The topological polar surface area (TPSA) is 83.4 Å². The molecule has 0 aromatic carbocycles. The fourth-order valence-electron chi connectivity index (χ4n) is 2.42. The van der Waals surface area contributed by atoms with E-state index in [1.54, 1.807) is 6.20 Å². The summed E-state index contributed by atoms with van der Waals surface area (Å²) >= 11 is 4.61. The smallest absolute Gasteiger partial charge is 0.407 e. The molecule has 8 heteroatoms. The standard InChI is InChI=1S/C13H16BrN3O3S/c1-21-12-15-7-9(10(18)6-14)11(16-12)8-2-4-17(5-3-8)13(19)20/h7-8H,2-6H2,1H3,(H,19,20). The van der Waals surface area contributed by atoms with Gasteiger partial charge < -0.3 is 10.0 Å². The van der Waals surface area contributed by atoms with E-state index in [2.05, 4.69) is 25.9 Å². The quantitative estimate of drug-likeness (QED) is 0.378. The maximum Gasteiger partial charge on any atom is 0.407 e. The third-order valence-electron chi connectivity index (χ3n) is 3.55. The molecule has 1 aromatic heterocycles. The number of piperidine rings is 1. The SMILES string of the molecule is CSc1ncc(C(=O)CBr)c(C2CCN(C(=O)O)CC2)n1. The molecular weight excluding hydrogens is 358 g/mol. The summed E-state index contributed by atoms with van der Waals surface area (Å²) < 4.78 is 0. The Morgan fingerprint density at radius 2 is 2.14 bits per heavy atom. The summed E-state index contributed by atoms with van der Waals surface area (Å²) in [6, 6.07) is 0. The largest absolute Gasteiger partial charge is 0.465 e. The van der Waals surface area contributed by atoms with E-state index in [-0.39, 0.29) is 17.0 Å². The van der Waals surface area contributed by atoms with Gasteiger partial charge in [-0.2, -0.15) is 0 Å². The summed E-state index contributed by atoms with van der Waals surface area (Å²) in [5, 5.41) is 9.86. The zero-order valence-electron chi connectivity index (χ0n) is 11.6. The molecule has 2 rings (SSSR count). The summed E-state index contributed by atoms with van der Waals surface area (Å²) in [5.74, 6) is 0.0609. The molecule has 1 N–H and O–H groups in total. The molecule has 1 saturated heterocycles. The van der Waals surface area contributed by atoms with Crippen molar-refractivity contribution in [1.82, 2.24) is 14.9 Å². The van der Waals surface area contributed by atoms with E-state index in [4.69, 9.17) is 5.11 Å². The minimum Gasteiger partial charge on any atom is -0.465 e. The van der Waals surface area contributed by atoms with Crippen molar-refractivity contribution in [2.75, 3.05) is 24.7 Å². The molecule has 114 valence electrons. The number of carboxylic acid groups (broad SMARTS) is 1. The highest BCUT2D eigenvalue weighted by atomic mass is 79.9. The first-order valence-corrected chi connectivity index (χ1v) is 8.89. The van der Waals surface area contributed by atoms with Crippen LogP contribution >= 0.6 is 27.7 Å². The van der Waals surface area contributed by atoms with Gasteiger partial charge in [0.2, 0.25) is 0 Å². The number of amides is 1. The lowest BCUT2D eigenvalue weighted by Crippen LogP contribution is -2.37. The first-order valence-electron chi connectivity index (χ1n) is 6.54. The monoisotopic (exact) mass is 373 g/mol. The molecular formula is C13H16BrN3O3S. The van der Waals surface area contributed by atoms with Crippen molar-refractivity contribution in [2.45, 2.75) is 23.9 Å². The highest BCUT2D eigenvalue weighted by molar-refractivity contribution is 9.09. The second-order valence-corrected chi connectivity index (χ2v) is 6.09. The second kappa shape index (κ2) is 7.22. The summed E-state index contributed by atoms with van der Waals surface area (Å²) in [7, 11) is 0. The Morgan fingerprint density at radius 3 is 2.67 bits per heavy atom. The number of ketones is 1. The van der Waals surface area contributed by atoms with Crippen LogP contribution in [0, 0.1) is 0 Å². The van der Waals surface area contributed by atoms with Crippen LogP contribution in [0.15, 0.2) is 11.4 Å². The minimum atomic E-state index is -0.891. The Morgan fingerprint density at radius 1 is 1.48 bits per heavy atom. The summed E-state index contributed by atoms with van der Waals surface area (Å²) in [6.45, 7) is 0.946. The van der Waals surface area contributed by atoms with Gasteiger partial charge in [0.25, 0.3) is 0 Å². The number of thioether (sulfide) groups is 1. The third-order valence-corrected chi connectivity index (χ3v) is 4.62. The Labute approximate surface area is 135 Å². The zero-order valence-corrected chi connectivity index (χ0v) is 14.0. The number of likely N-dealkylation sites (tertiary alicyclic amines) is 1. The van der Waals surface area contributed by atoms with Gasteiger partial charge >= 0.3 is 6.09 Å². The van der Waals surface area contributed by atoms with Gasteiger partial charge in [0.05, 0.1) is 16.6 Å². The number of carbonyl (C=O) groups is 2. The fourth-order valence-corrected chi connectivity index (χ4v) is 3.07. The molecule has 1 aromatic rings. The van der Waals surface area contributed by atoms with Crippen molar-refractivity contribution in [3.63, 3.8) is 0 Å². The lowest BCUT2D eigenvalue weighted by Gasteiger charge is -2.30. The van der Waals surface area contributed by atoms with Crippen LogP contribution in [0.3, 0.4) is 0 Å². The van der Waals surface area contributed by atoms with Gasteiger partial charge in [-0.1, -0.05) is 27.7 Å². The van der Waals surface area contributed by atoms with Crippen molar-refractivity contribution in [2.24, 2.45) is 0 Å². The molecule has 0 saturated carbocycles. The van der Waals surface area contributed by atoms with Crippen LogP contribution in [0.2, 0.25) is 0 Å². The van der Waals surface area contributed by atoms with Crippen molar-refractivity contribution in [1.29, 1.82) is 0 Å². The lowest BCUT2D eigenvalue weighted by molar-refractivity contribution is 0.101. The Kier molecular flexibility index (Phi) is 5.58. The maximum atomic E-state index is 12.0. The fraction of sp³-hybridized carbons (Fsp3) is 0.538. The van der Waals surface area contributed by atoms with Gasteiger partial charge in [0.15, 0.2) is 10.9 Å². The first kappa shape index (κ1) is 16.2. The zero-order chi connectivity index (χ0) is 15.4. The Balaban J connectivity index is 2.25. The van der Waals surface area contributed by atoms with E-state index < -0.39 is 6.09 Å². The van der Waals surface area contributed by atoms with E-state index in [0.717, 1.165) is 5.69 Å². The summed E-state index contributed by atoms with van der Waals surface area (Å²) in [6.07, 6.45) is 3.94. The molecule has 0 spiro atoms. The molecule has 0 atom stereocenters. The van der Waals surface area contributed by atoms with E-state index in [1.807, 2.05) is 6.26 Å². The molecule has 1 aliphatic rings. The molecule has 6 nitrogen and oxygen atoms in total. The Bertz CT molecular complexity index is 547. The molecule has 0 unspecified atom stereocenters. The van der Waals surface area contributed by atoms with E-state index >= 15 is 0 Å². The summed E-state index contributed by atoms with van der Waals surface area (Å²) in [5.41, 5.74) is 1.29. The number of hydrogen-bond acceptors (Lipinski definition) is 5. The number of carbonyl (C=O) groups excluding carboxylic acids is 1. The summed E-state index contributed by atoms with van der Waals surface area (Å²) in [4.78, 5) is 33.0. The van der Waals surface area contributed by atoms with Gasteiger partial charge in [-0.05, 0) is 19.1 Å². The number of nitrogens with zero attached hydrogens (tertiary/aromatic N) is 3. The highest BCUT2D eigenvalue weighted by Crippen LogP contribution is 2.30. The van der Waals surface area contributed by atoms with E-state index in [0.29, 0.717) is 36.7 Å². The van der Waals surface area contributed by atoms with Gasteiger partial charge in [-0.25, -0.2) is 14.8 Å². The number of halogens is 1. The van der Waals surface area contributed by atoms with Crippen LogP contribution in [0.1, 0.15) is 34.8 Å². The van der Waals surface area contributed by atoms with Crippen LogP contribution in [-0.2, 0) is 0 Å². The number of alkyl halides is 1. The van der Waals surface area contributed by atoms with Crippen LogP contribution in [0.5, 0.6) is 0 Å². The Hall–Kier alpha value is -1.15. The van der Waals surface area contributed by atoms with Gasteiger partial charge in [0.1, 0.15) is 0 Å². The number of Topliss-reactive ketones (excluding diaryl/α,β-unsaturated/α-hetero) is 1. The molecule has 1 fully saturated rings. The van der Waals surface area contributed by atoms with E-state index in [1.165, 1.54) is 16.7 Å². The molecule has 1 amide bonds. The maximum absolute atomic E-state index is 12.0. The van der Waals surface area contributed by atoms with Crippen molar-refractivity contribution in [3.8, 4) is 0 Å². The molecule has 0 aliphatic carbocycles. The van der Waals surface area contributed by atoms with Crippen LogP contribution in [-0.4, -0.2) is 56.5 Å². The first-order chi connectivity index (χ1) is 10.1. The number of aromatic nitrogens is 2. The van der Waals surface area contributed by atoms with Crippen LogP contribution < -0.4 is 0 Å². The second-order valence-electron chi connectivity index (χ2n) is 4.76. The third kappa shape index (κ3) is 3.74. The van der Waals surface area contributed by atoms with Crippen molar-refractivity contribution < 1.29 is 14.7 Å². The predicted molar refractivity (Wildman–Crippen MR) is 83.5 cm³/mol. The minimum absolute atomic E-state index is 0.0432. The molecule has 1 aliphatic heterocycles. The van der Waals surface area contributed by atoms with Gasteiger partial charge in [-0.15, -0.1) is 0 Å². The average Bonchev–Trinajstić information content (AvgIpc) is 2.53. The lowest BCUT2D eigenvalue weighted by atomic mass is 9.90. The highest BCUT2D eigenvalue weighted by Gasteiger charge is 2.27. The van der Waals surface area contributed by atoms with Gasteiger partial charge in [-0.3, -0.25) is 4.79 Å². The van der Waals surface area contributed by atoms with Crippen LogP contribution in [0.25, 0.3) is 0 Å². The van der Waals surface area contributed by atoms with E-state index in [9.17, 15) is 9.59 Å². The molecule has 0 bridgehead atoms. The predicted octanol–water partition coefficient (Wildman–Crippen LogP) is 2.63. The normalized spacial score (nSPS) is 16.0. The number of rotatable bonds is 4. The average molecular weight is 374 g/mol. The van der Waals surface area contributed by atoms with Crippen molar-refractivity contribution in [3.05, 3.63) is 17.5 Å². The van der Waals surface area contributed by atoms with Crippen molar-refractivity contribution >= 4 is 39.6 Å².